The Hall–Kier alpha value is -2.22. The van der Waals surface area contributed by atoms with Gasteiger partial charge in [0.05, 0.1) is 7.11 Å². The van der Waals surface area contributed by atoms with Crippen molar-refractivity contribution in [3.05, 3.63) is 35.9 Å². The summed E-state index contributed by atoms with van der Waals surface area (Å²) in [6.45, 7) is 4.01. The highest BCUT2D eigenvalue weighted by Gasteiger charge is 2.28. The molecule has 2 unspecified atom stereocenters. The molecule has 0 saturated heterocycles. The van der Waals surface area contributed by atoms with E-state index in [2.05, 4.69) is 10.6 Å². The fourth-order valence-corrected chi connectivity index (χ4v) is 2.98. The second-order valence-electron chi connectivity index (χ2n) is 6.75. The van der Waals surface area contributed by atoms with Crippen molar-refractivity contribution in [3.63, 3.8) is 0 Å². The number of alkyl carbamates (subject to hydrolysis) is 1. The molecular weight excluding hydrogens is 380 g/mol. The van der Waals surface area contributed by atoms with Gasteiger partial charge in [-0.15, -0.1) is 0 Å². The fourth-order valence-electron chi connectivity index (χ4n) is 2.51. The van der Waals surface area contributed by atoms with Gasteiger partial charge in [-0.25, -0.2) is 9.59 Å². The van der Waals surface area contributed by atoms with Crippen LogP contribution in [0.3, 0.4) is 0 Å². The summed E-state index contributed by atoms with van der Waals surface area (Å²) in [7, 11) is 1.28. The van der Waals surface area contributed by atoms with Gasteiger partial charge in [0.25, 0.3) is 0 Å². The summed E-state index contributed by atoms with van der Waals surface area (Å²) in [6.07, 6.45) is 2.11. The molecule has 1 rings (SSSR count). The third kappa shape index (κ3) is 9.12. The Labute approximate surface area is 170 Å². The highest BCUT2D eigenvalue weighted by molar-refractivity contribution is 7.98. The second-order valence-corrected chi connectivity index (χ2v) is 7.74. The van der Waals surface area contributed by atoms with Crippen LogP contribution in [-0.4, -0.2) is 49.2 Å². The maximum Gasteiger partial charge on any atom is 0.408 e. The first kappa shape index (κ1) is 23.8. The Balaban J connectivity index is 2.69. The van der Waals surface area contributed by atoms with Crippen molar-refractivity contribution in [1.82, 2.24) is 10.6 Å². The molecule has 0 aliphatic carbocycles. The molecule has 2 N–H and O–H groups in total. The van der Waals surface area contributed by atoms with E-state index >= 15 is 0 Å². The van der Waals surface area contributed by atoms with Crippen LogP contribution in [-0.2, 0) is 25.7 Å². The molecule has 0 aromatic heterocycles. The average molecular weight is 411 g/mol. The van der Waals surface area contributed by atoms with Crippen molar-refractivity contribution < 1.29 is 23.9 Å². The number of amides is 2. The molecule has 0 aliphatic rings. The monoisotopic (exact) mass is 410 g/mol. The molecule has 0 bridgehead atoms. The lowest BCUT2D eigenvalue weighted by Gasteiger charge is -2.23. The van der Waals surface area contributed by atoms with Gasteiger partial charge in [0.2, 0.25) is 5.91 Å². The summed E-state index contributed by atoms with van der Waals surface area (Å²) >= 11 is 1.57. The maximum absolute atomic E-state index is 12.7. The van der Waals surface area contributed by atoms with Crippen LogP contribution >= 0.6 is 11.8 Å². The summed E-state index contributed by atoms with van der Waals surface area (Å²) in [4.78, 5) is 36.8. The van der Waals surface area contributed by atoms with E-state index in [-0.39, 0.29) is 12.5 Å². The molecule has 2 amide bonds. The van der Waals surface area contributed by atoms with E-state index in [0.717, 1.165) is 5.56 Å². The zero-order valence-corrected chi connectivity index (χ0v) is 17.7. The number of nitrogens with one attached hydrogen (secondary N) is 2. The van der Waals surface area contributed by atoms with Crippen LogP contribution in [0.15, 0.2) is 30.3 Å². The smallest absolute Gasteiger partial charge is 0.408 e. The number of carbonyl (C=O) groups is 3. The molecule has 28 heavy (non-hydrogen) atoms. The van der Waals surface area contributed by atoms with Crippen molar-refractivity contribution in [2.45, 2.75) is 45.4 Å². The number of carbonyl (C=O) groups excluding carboxylic acids is 3. The summed E-state index contributed by atoms with van der Waals surface area (Å²) < 4.78 is 9.97. The lowest BCUT2D eigenvalue weighted by Crippen LogP contribution is -2.52. The van der Waals surface area contributed by atoms with E-state index < -0.39 is 30.1 Å². The van der Waals surface area contributed by atoms with Crippen molar-refractivity contribution in [2.24, 2.45) is 5.92 Å². The van der Waals surface area contributed by atoms with E-state index in [1.165, 1.54) is 7.11 Å². The Morgan fingerprint density at radius 2 is 1.75 bits per heavy atom. The minimum Gasteiger partial charge on any atom is -0.467 e. The minimum absolute atomic E-state index is 0.112. The summed E-state index contributed by atoms with van der Waals surface area (Å²) in [5, 5.41) is 5.30. The van der Waals surface area contributed by atoms with Gasteiger partial charge < -0.3 is 20.1 Å². The van der Waals surface area contributed by atoms with E-state index in [1.54, 1.807) is 11.8 Å². The molecule has 0 fully saturated rings. The van der Waals surface area contributed by atoms with E-state index in [1.807, 2.05) is 50.4 Å². The lowest BCUT2D eigenvalue weighted by molar-refractivity contribution is -0.145. The van der Waals surface area contributed by atoms with Gasteiger partial charge in [0, 0.05) is 0 Å². The number of hydrogen-bond acceptors (Lipinski definition) is 6. The molecule has 8 heteroatoms. The van der Waals surface area contributed by atoms with Gasteiger partial charge in [-0.05, 0) is 36.3 Å². The Bertz CT molecular complexity index is 624. The molecule has 156 valence electrons. The Kier molecular flexibility index (Phi) is 11.1. The molecular formula is C20H30N2O5S. The number of rotatable bonds is 11. The van der Waals surface area contributed by atoms with Crippen molar-refractivity contribution >= 4 is 29.7 Å². The van der Waals surface area contributed by atoms with Crippen LogP contribution in [0.2, 0.25) is 0 Å². The Morgan fingerprint density at radius 3 is 2.32 bits per heavy atom. The fraction of sp³-hybridized carbons (Fsp3) is 0.550. The average Bonchev–Trinajstić information content (AvgIpc) is 2.68. The van der Waals surface area contributed by atoms with Crippen molar-refractivity contribution in [3.8, 4) is 0 Å². The van der Waals surface area contributed by atoms with Crippen LogP contribution in [0.1, 0.15) is 32.3 Å². The molecule has 0 saturated carbocycles. The standard InChI is InChI=1S/C20H30N2O5S/c1-14(2)12-17(18(23)21-16(10-11-28-4)19(24)26-3)22-20(25)27-13-15-8-6-5-7-9-15/h5-9,14,16-17H,10-13H2,1-4H3,(H,21,23)(H,22,25). The largest absolute Gasteiger partial charge is 0.467 e. The zero-order valence-electron chi connectivity index (χ0n) is 16.9. The minimum atomic E-state index is -0.801. The molecule has 7 nitrogen and oxygen atoms in total. The Morgan fingerprint density at radius 1 is 1.07 bits per heavy atom. The lowest BCUT2D eigenvalue weighted by atomic mass is 10.0. The van der Waals surface area contributed by atoms with E-state index in [0.29, 0.717) is 18.6 Å². The van der Waals surface area contributed by atoms with Gasteiger partial charge in [-0.1, -0.05) is 44.2 Å². The van der Waals surface area contributed by atoms with Gasteiger partial charge in [0.1, 0.15) is 18.7 Å². The van der Waals surface area contributed by atoms with Crippen molar-refractivity contribution in [2.75, 3.05) is 19.1 Å². The quantitative estimate of drug-likeness (QED) is 0.545. The van der Waals surface area contributed by atoms with Crippen LogP contribution in [0.4, 0.5) is 4.79 Å². The molecule has 0 heterocycles. The highest BCUT2D eigenvalue weighted by atomic mass is 32.2. The van der Waals surface area contributed by atoms with E-state index in [9.17, 15) is 14.4 Å². The van der Waals surface area contributed by atoms with Crippen LogP contribution in [0.25, 0.3) is 0 Å². The molecule has 0 aliphatic heterocycles. The number of methoxy groups -OCH3 is 1. The zero-order chi connectivity index (χ0) is 20.9. The number of esters is 1. The first-order chi connectivity index (χ1) is 13.4. The predicted molar refractivity (Wildman–Crippen MR) is 110 cm³/mol. The SMILES string of the molecule is COC(=O)C(CCSC)NC(=O)C(CC(C)C)NC(=O)OCc1ccccc1. The maximum atomic E-state index is 12.7. The van der Waals surface area contributed by atoms with Gasteiger partial charge in [-0.2, -0.15) is 11.8 Å². The van der Waals surface area contributed by atoms with Crippen LogP contribution < -0.4 is 10.6 Å². The summed E-state index contributed by atoms with van der Waals surface area (Å²) in [6, 6.07) is 7.73. The topological polar surface area (TPSA) is 93.7 Å². The predicted octanol–water partition coefficient (Wildman–Crippen LogP) is 2.74. The third-order valence-corrected chi connectivity index (χ3v) is 4.59. The normalized spacial score (nSPS) is 12.8. The highest BCUT2D eigenvalue weighted by Crippen LogP contribution is 2.09. The number of benzene rings is 1. The molecule has 0 spiro atoms. The molecule has 2 atom stereocenters. The number of hydrogen-bond donors (Lipinski definition) is 2. The number of thioether (sulfide) groups is 1. The van der Waals surface area contributed by atoms with Crippen LogP contribution in [0.5, 0.6) is 0 Å². The van der Waals surface area contributed by atoms with E-state index in [4.69, 9.17) is 9.47 Å². The second kappa shape index (κ2) is 13.0. The van der Waals surface area contributed by atoms with Crippen LogP contribution in [0, 0.1) is 5.92 Å². The summed E-state index contributed by atoms with van der Waals surface area (Å²) in [5.74, 6) is -0.0753. The first-order valence-electron chi connectivity index (χ1n) is 9.21. The van der Waals surface area contributed by atoms with Gasteiger partial charge >= 0.3 is 12.1 Å². The van der Waals surface area contributed by atoms with Crippen molar-refractivity contribution in [1.29, 1.82) is 0 Å². The third-order valence-electron chi connectivity index (χ3n) is 3.94. The van der Waals surface area contributed by atoms with Gasteiger partial charge in [0.15, 0.2) is 0 Å². The molecule has 1 aromatic rings. The molecule has 0 radical (unpaired) electrons. The first-order valence-corrected chi connectivity index (χ1v) is 10.6. The number of ether oxygens (including phenoxy) is 2. The molecule has 1 aromatic carbocycles. The van der Waals surface area contributed by atoms with Gasteiger partial charge in [-0.3, -0.25) is 4.79 Å². The summed E-state index contributed by atoms with van der Waals surface area (Å²) in [5.41, 5.74) is 0.852.